The molecule has 0 radical (unpaired) electrons. The molecule has 1 rings (SSSR count). The molecule has 0 aromatic carbocycles. The summed E-state index contributed by atoms with van der Waals surface area (Å²) in [5.41, 5.74) is 0.656. The molecule has 0 aromatic rings. The smallest absolute Gasteiger partial charge is 0.254 e. The van der Waals surface area contributed by atoms with Gasteiger partial charge in [0.25, 0.3) is 11.8 Å². The topological polar surface area (TPSA) is 46.2 Å². The van der Waals surface area contributed by atoms with E-state index >= 15 is 0 Å². The minimum Gasteiger partial charge on any atom is -0.289 e. The maximum absolute atomic E-state index is 11.3. The van der Waals surface area contributed by atoms with Gasteiger partial charge in [0.1, 0.15) is 0 Å². The van der Waals surface area contributed by atoms with Crippen molar-refractivity contribution in [3.8, 4) is 0 Å². The molecule has 1 aliphatic heterocycles. The molecule has 1 aliphatic rings. The summed E-state index contributed by atoms with van der Waals surface area (Å²) in [6, 6.07) is 0. The second-order valence-corrected chi connectivity index (χ2v) is 4.11. The largest absolute Gasteiger partial charge is 0.289 e. The van der Waals surface area contributed by atoms with Crippen LogP contribution in [0.4, 0.5) is 0 Å². The number of hydrogen-bond donors (Lipinski definition) is 1. The lowest BCUT2D eigenvalue weighted by Crippen LogP contribution is -2.22. The molecule has 0 aromatic heterocycles. The first-order valence-corrected chi connectivity index (χ1v) is 5.73. The first-order chi connectivity index (χ1) is 7.17. The van der Waals surface area contributed by atoms with Gasteiger partial charge in [0.2, 0.25) is 0 Å². The van der Waals surface area contributed by atoms with Gasteiger partial charge in [-0.25, -0.2) is 0 Å². The predicted octanol–water partition coefficient (Wildman–Crippen LogP) is 2.18. The van der Waals surface area contributed by atoms with Crippen LogP contribution in [0.3, 0.4) is 0 Å². The van der Waals surface area contributed by atoms with Crippen molar-refractivity contribution >= 4 is 11.8 Å². The Balaban J connectivity index is 2.47. The van der Waals surface area contributed by atoms with Gasteiger partial charge in [-0.2, -0.15) is 0 Å². The molecule has 0 bridgehead atoms. The zero-order valence-electron chi connectivity index (χ0n) is 9.51. The summed E-state index contributed by atoms with van der Waals surface area (Å²) in [5.74, 6) is 0.0724. The Bertz CT molecular complexity index is 281. The van der Waals surface area contributed by atoms with Gasteiger partial charge in [0.15, 0.2) is 0 Å². The van der Waals surface area contributed by atoms with Crippen LogP contribution >= 0.6 is 0 Å². The minimum atomic E-state index is -0.264. The number of rotatable bonds is 6. The summed E-state index contributed by atoms with van der Waals surface area (Å²) in [6.07, 6.45) is 6.78. The number of amides is 2. The molecule has 0 fully saturated rings. The SMILES string of the molecule is CCCCC(CC)CC1=CC(=O)NC1=O. The van der Waals surface area contributed by atoms with Crippen molar-refractivity contribution in [2.24, 2.45) is 5.92 Å². The Hall–Kier alpha value is -1.12. The van der Waals surface area contributed by atoms with Gasteiger partial charge in [-0.05, 0) is 12.3 Å². The highest BCUT2D eigenvalue weighted by molar-refractivity contribution is 6.16. The van der Waals surface area contributed by atoms with Crippen LogP contribution in [0, 0.1) is 5.92 Å². The van der Waals surface area contributed by atoms with E-state index in [2.05, 4.69) is 19.2 Å². The standard InChI is InChI=1S/C12H19NO2/c1-3-5-6-9(4-2)7-10-8-11(14)13-12(10)15/h8-9H,3-7H2,1-2H3,(H,13,14,15). The summed E-state index contributed by atoms with van der Waals surface area (Å²) in [5, 5.41) is 2.28. The molecule has 0 spiro atoms. The van der Waals surface area contributed by atoms with E-state index in [4.69, 9.17) is 0 Å². The van der Waals surface area contributed by atoms with Crippen LogP contribution in [0.5, 0.6) is 0 Å². The van der Waals surface area contributed by atoms with E-state index in [0.29, 0.717) is 11.5 Å². The monoisotopic (exact) mass is 209 g/mol. The van der Waals surface area contributed by atoms with Crippen molar-refractivity contribution in [3.05, 3.63) is 11.6 Å². The summed E-state index contributed by atoms with van der Waals surface area (Å²) in [7, 11) is 0. The Morgan fingerprint density at radius 2 is 2.07 bits per heavy atom. The maximum Gasteiger partial charge on any atom is 0.254 e. The molecular weight excluding hydrogens is 190 g/mol. The van der Waals surface area contributed by atoms with Crippen molar-refractivity contribution in [3.63, 3.8) is 0 Å². The molecule has 3 heteroatoms. The van der Waals surface area contributed by atoms with Crippen LogP contribution in [-0.2, 0) is 9.59 Å². The molecule has 1 unspecified atom stereocenters. The minimum absolute atomic E-state index is 0.199. The van der Waals surface area contributed by atoms with E-state index in [9.17, 15) is 9.59 Å². The molecule has 84 valence electrons. The maximum atomic E-state index is 11.3. The summed E-state index contributed by atoms with van der Waals surface area (Å²) in [4.78, 5) is 22.2. The molecule has 0 aliphatic carbocycles. The predicted molar refractivity (Wildman–Crippen MR) is 59.2 cm³/mol. The third-order valence-electron chi connectivity index (χ3n) is 2.89. The summed E-state index contributed by atoms with van der Waals surface area (Å²) >= 11 is 0. The Labute approximate surface area is 90.9 Å². The molecule has 1 atom stereocenters. The molecule has 2 amide bonds. The van der Waals surface area contributed by atoms with Crippen LogP contribution in [0.15, 0.2) is 11.6 Å². The average Bonchev–Trinajstić information content (AvgIpc) is 2.52. The number of carbonyl (C=O) groups is 2. The van der Waals surface area contributed by atoms with Crippen molar-refractivity contribution in [2.75, 3.05) is 0 Å². The molecule has 0 saturated carbocycles. The number of imide groups is 1. The number of hydrogen-bond acceptors (Lipinski definition) is 2. The molecule has 0 saturated heterocycles. The Kier molecular flexibility index (Phi) is 4.53. The lowest BCUT2D eigenvalue weighted by Gasteiger charge is -2.13. The molecular formula is C12H19NO2. The molecule has 3 nitrogen and oxygen atoms in total. The quantitative estimate of drug-likeness (QED) is 0.681. The molecule has 1 N–H and O–H groups in total. The zero-order chi connectivity index (χ0) is 11.3. The van der Waals surface area contributed by atoms with Gasteiger partial charge in [0, 0.05) is 11.6 Å². The van der Waals surface area contributed by atoms with Gasteiger partial charge in [-0.15, -0.1) is 0 Å². The molecule has 1 heterocycles. The van der Waals surface area contributed by atoms with Crippen molar-refractivity contribution in [2.45, 2.75) is 46.0 Å². The molecule has 15 heavy (non-hydrogen) atoms. The average molecular weight is 209 g/mol. The van der Waals surface area contributed by atoms with E-state index in [1.165, 1.54) is 18.9 Å². The first kappa shape index (κ1) is 12.0. The van der Waals surface area contributed by atoms with Crippen molar-refractivity contribution in [1.29, 1.82) is 0 Å². The Morgan fingerprint density at radius 1 is 1.33 bits per heavy atom. The fourth-order valence-corrected chi connectivity index (χ4v) is 1.86. The van der Waals surface area contributed by atoms with Crippen LogP contribution in [-0.4, -0.2) is 11.8 Å². The van der Waals surface area contributed by atoms with Gasteiger partial charge in [-0.3, -0.25) is 14.9 Å². The fraction of sp³-hybridized carbons (Fsp3) is 0.667. The van der Waals surface area contributed by atoms with Crippen LogP contribution in [0.1, 0.15) is 46.0 Å². The van der Waals surface area contributed by atoms with Crippen LogP contribution in [0.2, 0.25) is 0 Å². The van der Waals surface area contributed by atoms with Gasteiger partial charge in [-0.1, -0.05) is 39.5 Å². The van der Waals surface area contributed by atoms with Gasteiger partial charge < -0.3 is 0 Å². The number of nitrogens with one attached hydrogen (secondary N) is 1. The van der Waals surface area contributed by atoms with Gasteiger partial charge in [0.05, 0.1) is 0 Å². The van der Waals surface area contributed by atoms with E-state index in [1.807, 2.05) is 0 Å². The number of unbranched alkanes of at least 4 members (excludes halogenated alkanes) is 1. The van der Waals surface area contributed by atoms with E-state index < -0.39 is 0 Å². The summed E-state index contributed by atoms with van der Waals surface area (Å²) in [6.45, 7) is 4.30. The normalized spacial score (nSPS) is 17.6. The lowest BCUT2D eigenvalue weighted by atomic mass is 9.92. The third-order valence-corrected chi connectivity index (χ3v) is 2.89. The van der Waals surface area contributed by atoms with Crippen molar-refractivity contribution < 1.29 is 9.59 Å². The second kappa shape index (κ2) is 5.69. The summed E-state index contributed by atoms with van der Waals surface area (Å²) < 4.78 is 0. The van der Waals surface area contributed by atoms with E-state index in [1.54, 1.807) is 0 Å². The highest BCUT2D eigenvalue weighted by Gasteiger charge is 2.22. The van der Waals surface area contributed by atoms with Crippen LogP contribution in [0.25, 0.3) is 0 Å². The van der Waals surface area contributed by atoms with Gasteiger partial charge >= 0.3 is 0 Å². The lowest BCUT2D eigenvalue weighted by molar-refractivity contribution is -0.123. The fourth-order valence-electron chi connectivity index (χ4n) is 1.86. The highest BCUT2D eigenvalue weighted by Crippen LogP contribution is 2.22. The van der Waals surface area contributed by atoms with Crippen molar-refractivity contribution in [1.82, 2.24) is 5.32 Å². The highest BCUT2D eigenvalue weighted by atomic mass is 16.2. The Morgan fingerprint density at radius 3 is 2.53 bits per heavy atom. The van der Waals surface area contributed by atoms with E-state index in [0.717, 1.165) is 19.3 Å². The van der Waals surface area contributed by atoms with E-state index in [-0.39, 0.29) is 11.8 Å². The van der Waals surface area contributed by atoms with Crippen LogP contribution < -0.4 is 5.32 Å². The zero-order valence-corrected chi connectivity index (χ0v) is 9.51. The first-order valence-electron chi connectivity index (χ1n) is 5.73. The number of carbonyl (C=O) groups excluding carboxylic acids is 2. The third kappa shape index (κ3) is 3.50. The second-order valence-electron chi connectivity index (χ2n) is 4.11.